The van der Waals surface area contributed by atoms with Gasteiger partial charge >= 0.3 is 5.88 Å². The molecule has 2 aromatic heterocycles. The van der Waals surface area contributed by atoms with Crippen molar-refractivity contribution in [2.45, 2.75) is 0 Å². The Kier molecular flexibility index (Phi) is 3.52. The third-order valence-corrected chi connectivity index (χ3v) is 2.16. The van der Waals surface area contributed by atoms with E-state index in [0.717, 1.165) is 0 Å². The lowest BCUT2D eigenvalue weighted by Gasteiger charge is -1.95. The molecule has 0 bridgehead atoms. The third kappa shape index (κ3) is 2.93. The first-order chi connectivity index (χ1) is 9.08. The van der Waals surface area contributed by atoms with Gasteiger partial charge in [0.25, 0.3) is 0 Å². The molecule has 2 aromatic rings. The van der Waals surface area contributed by atoms with Gasteiger partial charge in [-0.15, -0.1) is 0 Å². The molecule has 0 aliphatic heterocycles. The number of hydrogen-bond acceptors (Lipinski definition) is 6. The molecule has 19 heavy (non-hydrogen) atoms. The fourth-order valence-electron chi connectivity index (χ4n) is 1.32. The zero-order chi connectivity index (χ0) is 13.8. The summed E-state index contributed by atoms with van der Waals surface area (Å²) in [6.07, 6.45) is 2.89. The second-order valence-corrected chi connectivity index (χ2v) is 3.77. The van der Waals surface area contributed by atoms with E-state index in [9.17, 15) is 10.1 Å². The van der Waals surface area contributed by atoms with Gasteiger partial charge in [0, 0.05) is 5.56 Å². The molecule has 2 rings (SSSR count). The predicted octanol–water partition coefficient (Wildman–Crippen LogP) is 0.745. The average Bonchev–Trinajstić information content (AvgIpc) is 2.94. The summed E-state index contributed by atoms with van der Waals surface area (Å²) in [5, 5.41) is 20.8. The van der Waals surface area contributed by atoms with Crippen LogP contribution in [0.4, 0.5) is 5.88 Å². The van der Waals surface area contributed by atoms with Crippen molar-refractivity contribution in [3.63, 3.8) is 0 Å². The Labute approximate surface area is 111 Å². The van der Waals surface area contributed by atoms with E-state index in [-0.39, 0.29) is 16.8 Å². The van der Waals surface area contributed by atoms with Crippen LogP contribution in [0.1, 0.15) is 5.56 Å². The molecule has 10 heteroatoms. The van der Waals surface area contributed by atoms with Gasteiger partial charge in [0.2, 0.25) is 0 Å². The summed E-state index contributed by atoms with van der Waals surface area (Å²) in [7, 11) is 0. The van der Waals surface area contributed by atoms with Gasteiger partial charge in [-0.1, -0.05) is 0 Å². The molecule has 0 spiro atoms. The predicted molar refractivity (Wildman–Crippen MR) is 70.5 cm³/mol. The van der Waals surface area contributed by atoms with Crippen molar-refractivity contribution in [3.8, 4) is 11.5 Å². The second-order valence-electron chi connectivity index (χ2n) is 3.33. The maximum absolute atomic E-state index is 10.5. The van der Waals surface area contributed by atoms with E-state index in [0.29, 0.717) is 11.3 Å². The Morgan fingerprint density at radius 1 is 1.68 bits per heavy atom. The molecule has 0 unspecified atom stereocenters. The van der Waals surface area contributed by atoms with Crippen molar-refractivity contribution in [3.05, 3.63) is 34.0 Å². The minimum absolute atomic E-state index is 0.0231. The summed E-state index contributed by atoms with van der Waals surface area (Å²) in [6.45, 7) is 0. The largest absolute Gasteiger partial charge is 0.433 e. The van der Waals surface area contributed by atoms with Crippen LogP contribution in [0.2, 0.25) is 0 Å². The highest BCUT2D eigenvalue weighted by molar-refractivity contribution is 7.80. The molecule has 0 saturated carbocycles. The summed E-state index contributed by atoms with van der Waals surface area (Å²) >= 11 is 4.58. The molecule has 0 radical (unpaired) electrons. The smallest absolute Gasteiger partial charge is 0.399 e. The van der Waals surface area contributed by atoms with Gasteiger partial charge in [-0.25, -0.2) is 0 Å². The number of thiocarbonyl (C=S) groups is 1. The monoisotopic (exact) mass is 280 g/mol. The van der Waals surface area contributed by atoms with Gasteiger partial charge in [-0.2, -0.15) is 10.2 Å². The molecule has 0 fully saturated rings. The Hall–Kier alpha value is -2.75. The Bertz CT molecular complexity index is 646. The zero-order valence-corrected chi connectivity index (χ0v) is 10.2. The number of hydrogen-bond donors (Lipinski definition) is 3. The number of rotatable bonds is 4. The molecule has 98 valence electrons. The number of nitrogens with zero attached hydrogens (tertiary/aromatic N) is 3. The number of nitrogens with one attached hydrogen (secondary N) is 2. The van der Waals surface area contributed by atoms with Gasteiger partial charge in [0.05, 0.1) is 18.5 Å². The number of hydrazone groups is 1. The third-order valence-electron chi connectivity index (χ3n) is 2.07. The van der Waals surface area contributed by atoms with Crippen LogP contribution in [0.3, 0.4) is 0 Å². The van der Waals surface area contributed by atoms with E-state index in [4.69, 9.17) is 10.2 Å². The summed E-state index contributed by atoms with van der Waals surface area (Å²) < 4.78 is 5.05. The van der Waals surface area contributed by atoms with Crippen LogP contribution >= 0.6 is 12.2 Å². The number of H-pyrrole nitrogens is 1. The molecule has 9 nitrogen and oxygen atoms in total. The second kappa shape index (κ2) is 5.27. The van der Waals surface area contributed by atoms with Crippen molar-refractivity contribution in [2.24, 2.45) is 10.8 Å². The Morgan fingerprint density at radius 2 is 2.47 bits per heavy atom. The lowest BCUT2D eigenvalue weighted by Crippen LogP contribution is -2.23. The first-order valence-corrected chi connectivity index (χ1v) is 5.35. The van der Waals surface area contributed by atoms with Gasteiger partial charge < -0.3 is 10.2 Å². The summed E-state index contributed by atoms with van der Waals surface area (Å²) in [6, 6.07) is 2.72. The Morgan fingerprint density at radius 3 is 3.11 bits per heavy atom. The maximum Gasteiger partial charge on any atom is 0.433 e. The highest BCUT2D eigenvalue weighted by Gasteiger charge is 2.16. The first kappa shape index (κ1) is 12.7. The van der Waals surface area contributed by atoms with Gasteiger partial charge in [-0.3, -0.25) is 20.6 Å². The van der Waals surface area contributed by atoms with Crippen molar-refractivity contribution < 1.29 is 9.34 Å². The molecule has 0 saturated heterocycles. The molecule has 0 aromatic carbocycles. The molecule has 4 N–H and O–H groups in total. The van der Waals surface area contributed by atoms with Gasteiger partial charge in [-0.05, 0) is 18.3 Å². The van der Waals surface area contributed by atoms with E-state index >= 15 is 0 Å². The van der Waals surface area contributed by atoms with Crippen molar-refractivity contribution in [1.82, 2.24) is 15.6 Å². The summed E-state index contributed by atoms with van der Waals surface area (Å²) in [4.78, 5) is 9.91. The number of nitrogens with two attached hydrogens (primary N) is 1. The van der Waals surface area contributed by atoms with E-state index < -0.39 is 4.92 Å². The normalized spacial score (nSPS) is 10.7. The van der Waals surface area contributed by atoms with Crippen molar-refractivity contribution in [2.75, 3.05) is 0 Å². The van der Waals surface area contributed by atoms with E-state index in [1.165, 1.54) is 24.5 Å². The molecular formula is C9H8N6O3S. The fourth-order valence-corrected chi connectivity index (χ4v) is 1.37. The lowest BCUT2D eigenvalue weighted by atomic mass is 10.2. The topological polar surface area (TPSA) is 135 Å². The number of aromatic nitrogens is 2. The molecular weight excluding hydrogens is 272 g/mol. The molecule has 0 amide bonds. The highest BCUT2D eigenvalue weighted by Crippen LogP contribution is 2.26. The van der Waals surface area contributed by atoms with Crippen LogP contribution < -0.4 is 11.2 Å². The minimum atomic E-state index is -0.623. The van der Waals surface area contributed by atoms with Crippen LogP contribution in [0.25, 0.3) is 11.5 Å². The quantitative estimate of drug-likeness (QED) is 0.325. The van der Waals surface area contributed by atoms with Crippen molar-refractivity contribution >= 4 is 29.4 Å². The van der Waals surface area contributed by atoms with E-state index in [2.05, 4.69) is 32.9 Å². The van der Waals surface area contributed by atoms with Crippen LogP contribution in [0.15, 0.2) is 27.8 Å². The molecule has 0 aliphatic rings. The maximum atomic E-state index is 10.5. The minimum Gasteiger partial charge on any atom is -0.399 e. The van der Waals surface area contributed by atoms with Gasteiger partial charge in [0.15, 0.2) is 10.9 Å². The van der Waals surface area contributed by atoms with E-state index in [1.54, 1.807) is 0 Å². The van der Waals surface area contributed by atoms with Crippen LogP contribution in [0, 0.1) is 10.1 Å². The highest BCUT2D eigenvalue weighted by atomic mass is 32.1. The van der Waals surface area contributed by atoms with Crippen molar-refractivity contribution in [1.29, 1.82) is 0 Å². The molecule has 2 heterocycles. The summed E-state index contributed by atoms with van der Waals surface area (Å²) in [5.41, 5.74) is 8.61. The zero-order valence-electron chi connectivity index (χ0n) is 9.36. The number of aromatic amines is 1. The van der Waals surface area contributed by atoms with Crippen LogP contribution in [0.5, 0.6) is 0 Å². The number of nitro groups is 1. The van der Waals surface area contributed by atoms with Crippen LogP contribution in [-0.4, -0.2) is 26.4 Å². The first-order valence-electron chi connectivity index (χ1n) is 4.94. The number of furan rings is 1. The average molecular weight is 280 g/mol. The Balaban J connectivity index is 2.25. The summed E-state index contributed by atoms with van der Waals surface area (Å²) in [5.74, 6) is -0.0743. The fraction of sp³-hybridized carbons (Fsp3) is 0. The lowest BCUT2D eigenvalue weighted by molar-refractivity contribution is -0.401. The molecule has 0 aliphatic carbocycles. The van der Waals surface area contributed by atoms with Gasteiger partial charge in [0.1, 0.15) is 10.6 Å². The van der Waals surface area contributed by atoms with Crippen LogP contribution in [-0.2, 0) is 0 Å². The molecule has 0 atom stereocenters. The standard InChI is InChI=1S/C9H8N6O3S/c10-9(19)14-12-4-5-3-11-13-8(5)6-1-2-7(18-6)15(16)17/h1-4H,(H,11,13)(H3,10,14,19)/b12-4+. The SMILES string of the molecule is NC(=S)N/N=C/c1cn[nH]c1-c1ccc([N+](=O)[O-])o1. The van der Waals surface area contributed by atoms with E-state index in [1.807, 2.05) is 0 Å².